The molecule has 0 saturated carbocycles. The maximum atomic E-state index is 9.69. The molecule has 0 aromatic rings. The number of carbonyl (C=O) groups excluding carboxylic acids is 2. The van der Waals surface area contributed by atoms with Crippen molar-refractivity contribution in [2.45, 2.75) is 13.8 Å². The van der Waals surface area contributed by atoms with Crippen molar-refractivity contribution in [3.63, 3.8) is 0 Å². The third kappa shape index (κ3) is 26.8. The molecular weight excluding hydrogens is 134 g/mol. The maximum absolute atomic E-state index is 9.69. The smallest absolute Gasteiger partial charge is 0.155 e. The van der Waals surface area contributed by atoms with Crippen LogP contribution in [0.5, 0.6) is 0 Å². The van der Waals surface area contributed by atoms with Crippen LogP contribution in [0.4, 0.5) is 0 Å². The molecule has 0 aliphatic carbocycles. The van der Waals surface area contributed by atoms with Crippen molar-refractivity contribution < 1.29 is 14.7 Å². The van der Waals surface area contributed by atoms with Gasteiger partial charge in [-0.3, -0.25) is 9.59 Å². The first-order valence-corrected chi connectivity index (χ1v) is 2.84. The van der Waals surface area contributed by atoms with Crippen LogP contribution in [-0.2, 0) is 9.59 Å². The second-order valence-electron chi connectivity index (χ2n) is 1.77. The average molecular weight is 147 g/mol. The van der Waals surface area contributed by atoms with Crippen LogP contribution in [0.1, 0.15) is 13.8 Å². The van der Waals surface area contributed by atoms with Crippen molar-refractivity contribution in [2.24, 2.45) is 5.73 Å². The van der Waals surface area contributed by atoms with Crippen LogP contribution in [0.25, 0.3) is 0 Å². The zero-order valence-electron chi connectivity index (χ0n) is 6.26. The minimum Gasteiger partial charge on any atom is -0.389 e. The van der Waals surface area contributed by atoms with Crippen LogP contribution in [0, 0.1) is 0 Å². The monoisotopic (exact) mass is 147 g/mol. The molecule has 0 aliphatic rings. The molecule has 4 nitrogen and oxygen atoms in total. The maximum Gasteiger partial charge on any atom is 0.155 e. The summed E-state index contributed by atoms with van der Waals surface area (Å²) in [5.74, 6) is -0.157. The quantitative estimate of drug-likeness (QED) is 0.530. The first kappa shape index (κ1) is 12.0. The van der Waals surface area contributed by atoms with Gasteiger partial charge < -0.3 is 10.8 Å². The van der Waals surface area contributed by atoms with E-state index in [0.717, 1.165) is 0 Å². The van der Waals surface area contributed by atoms with Crippen LogP contribution >= 0.6 is 0 Å². The topological polar surface area (TPSA) is 80.4 Å². The Labute approximate surface area is 60.0 Å². The number of aliphatic hydroxyl groups excluding tert-OH is 1. The standard InChI is InChI=1S/C3H7NO.C3H6O2/c2*1-3(5)2-4/h2,4H2,1H3;4H,2H2,1H3. The highest BCUT2D eigenvalue weighted by Crippen LogP contribution is 1.55. The summed E-state index contributed by atoms with van der Waals surface area (Å²) in [6.45, 7) is 2.62. The van der Waals surface area contributed by atoms with Crippen molar-refractivity contribution in [1.29, 1.82) is 0 Å². The van der Waals surface area contributed by atoms with Crippen LogP contribution in [0.2, 0.25) is 0 Å². The highest BCUT2D eigenvalue weighted by Gasteiger charge is 1.78. The molecule has 0 fully saturated rings. The third-order valence-corrected chi connectivity index (χ3v) is 0.510. The van der Waals surface area contributed by atoms with Gasteiger partial charge in [-0.25, -0.2) is 0 Å². The fraction of sp³-hybridized carbons (Fsp3) is 0.667. The fourth-order valence-electron chi connectivity index (χ4n) is 0. The lowest BCUT2D eigenvalue weighted by atomic mass is 10.5. The van der Waals surface area contributed by atoms with Gasteiger partial charge in [0.05, 0.1) is 6.54 Å². The van der Waals surface area contributed by atoms with E-state index in [4.69, 9.17) is 10.8 Å². The summed E-state index contributed by atoms with van der Waals surface area (Å²) >= 11 is 0. The van der Waals surface area contributed by atoms with E-state index in [1.165, 1.54) is 13.8 Å². The molecule has 10 heavy (non-hydrogen) atoms. The van der Waals surface area contributed by atoms with E-state index in [0.29, 0.717) is 0 Å². The first-order chi connectivity index (χ1) is 4.54. The number of ketones is 2. The Kier molecular flexibility index (Phi) is 9.90. The zero-order chi connectivity index (χ0) is 8.57. The number of nitrogens with two attached hydrogens (primary N) is 1. The summed E-state index contributed by atoms with van der Waals surface area (Å²) in [6.07, 6.45) is 0. The Morgan fingerprint density at radius 1 is 1.30 bits per heavy atom. The summed E-state index contributed by atoms with van der Waals surface area (Å²) in [5, 5.41) is 7.79. The van der Waals surface area contributed by atoms with E-state index in [1.54, 1.807) is 0 Å². The Bertz CT molecular complexity index is 97.6. The van der Waals surface area contributed by atoms with Crippen LogP contribution in [-0.4, -0.2) is 29.8 Å². The predicted molar refractivity (Wildman–Crippen MR) is 37.5 cm³/mol. The van der Waals surface area contributed by atoms with E-state index in [-0.39, 0.29) is 24.7 Å². The second kappa shape index (κ2) is 8.26. The number of Topliss-reactive ketones (excluding diaryl/α,β-unsaturated/α-hetero) is 2. The molecule has 60 valence electrons. The highest BCUT2D eigenvalue weighted by atomic mass is 16.3. The zero-order valence-corrected chi connectivity index (χ0v) is 6.26. The summed E-state index contributed by atoms with van der Waals surface area (Å²) in [6, 6.07) is 0. The number of hydrogen-bond donors (Lipinski definition) is 2. The SMILES string of the molecule is CC(=O)CN.CC(=O)CO. The minimum absolute atomic E-state index is 0.0324. The molecule has 3 N–H and O–H groups in total. The average Bonchev–Trinajstić information content (AvgIpc) is 1.89. The van der Waals surface area contributed by atoms with Gasteiger partial charge in [-0.1, -0.05) is 0 Å². The lowest BCUT2D eigenvalue weighted by Gasteiger charge is -1.73. The van der Waals surface area contributed by atoms with Crippen molar-refractivity contribution in [3.8, 4) is 0 Å². The van der Waals surface area contributed by atoms with E-state index in [2.05, 4.69) is 0 Å². The number of hydrogen-bond acceptors (Lipinski definition) is 4. The minimum atomic E-state index is -0.333. The van der Waals surface area contributed by atoms with Gasteiger partial charge in [-0.05, 0) is 13.8 Å². The molecule has 0 heterocycles. The summed E-state index contributed by atoms with van der Waals surface area (Å²) < 4.78 is 0. The van der Waals surface area contributed by atoms with Crippen molar-refractivity contribution >= 4 is 11.6 Å². The van der Waals surface area contributed by atoms with Crippen molar-refractivity contribution in [3.05, 3.63) is 0 Å². The Morgan fingerprint density at radius 2 is 1.50 bits per heavy atom. The highest BCUT2D eigenvalue weighted by molar-refractivity contribution is 5.77. The van der Waals surface area contributed by atoms with E-state index >= 15 is 0 Å². The summed E-state index contributed by atoms with van der Waals surface area (Å²) in [4.78, 5) is 19.2. The molecule has 0 amide bonds. The summed E-state index contributed by atoms with van der Waals surface area (Å²) in [7, 11) is 0. The van der Waals surface area contributed by atoms with Crippen LogP contribution < -0.4 is 5.73 Å². The van der Waals surface area contributed by atoms with Gasteiger partial charge in [0.2, 0.25) is 0 Å². The molecule has 0 atom stereocenters. The predicted octanol–water partition coefficient (Wildman–Crippen LogP) is -0.898. The molecule has 0 radical (unpaired) electrons. The third-order valence-electron chi connectivity index (χ3n) is 0.510. The molecule has 0 saturated heterocycles. The first-order valence-electron chi connectivity index (χ1n) is 2.84. The van der Waals surface area contributed by atoms with Crippen LogP contribution in [0.15, 0.2) is 0 Å². The second-order valence-corrected chi connectivity index (χ2v) is 1.77. The van der Waals surface area contributed by atoms with Crippen molar-refractivity contribution in [1.82, 2.24) is 0 Å². The van der Waals surface area contributed by atoms with Gasteiger partial charge in [0.1, 0.15) is 12.4 Å². The van der Waals surface area contributed by atoms with E-state index in [1.807, 2.05) is 0 Å². The molecule has 0 aromatic carbocycles. The van der Waals surface area contributed by atoms with Crippen LogP contribution in [0.3, 0.4) is 0 Å². The number of rotatable bonds is 2. The lowest BCUT2D eigenvalue weighted by Crippen LogP contribution is -2.07. The van der Waals surface area contributed by atoms with Gasteiger partial charge in [0, 0.05) is 0 Å². The van der Waals surface area contributed by atoms with Crippen molar-refractivity contribution in [2.75, 3.05) is 13.2 Å². The normalized spacial score (nSPS) is 7.60. The molecule has 0 aliphatic heterocycles. The fourth-order valence-corrected chi connectivity index (χ4v) is 0. The molecular formula is C6H13NO3. The van der Waals surface area contributed by atoms with E-state index in [9.17, 15) is 9.59 Å². The van der Waals surface area contributed by atoms with Gasteiger partial charge in [-0.2, -0.15) is 0 Å². The van der Waals surface area contributed by atoms with Gasteiger partial charge in [0.15, 0.2) is 5.78 Å². The molecule has 4 heteroatoms. The summed E-state index contributed by atoms with van der Waals surface area (Å²) in [5.41, 5.74) is 4.82. The van der Waals surface area contributed by atoms with Gasteiger partial charge in [-0.15, -0.1) is 0 Å². The molecule has 0 aromatic heterocycles. The largest absolute Gasteiger partial charge is 0.389 e. The van der Waals surface area contributed by atoms with Gasteiger partial charge >= 0.3 is 0 Å². The molecule has 0 spiro atoms. The Morgan fingerprint density at radius 3 is 1.50 bits per heavy atom. The van der Waals surface area contributed by atoms with Gasteiger partial charge in [0.25, 0.3) is 0 Å². The number of carbonyl (C=O) groups is 2. The molecule has 0 rings (SSSR count). The van der Waals surface area contributed by atoms with E-state index < -0.39 is 0 Å². The lowest BCUT2D eigenvalue weighted by molar-refractivity contribution is -0.119. The molecule has 0 bridgehead atoms. The Balaban J connectivity index is 0. The molecule has 0 unspecified atom stereocenters. The Hall–Kier alpha value is -0.740. The number of aliphatic hydroxyl groups is 1.